The van der Waals surface area contributed by atoms with Crippen LogP contribution in [0.1, 0.15) is 11.7 Å². The Morgan fingerprint density at radius 3 is 2.40 bits per heavy atom. The van der Waals surface area contributed by atoms with Crippen molar-refractivity contribution in [2.45, 2.75) is 18.4 Å². The molecule has 7 nitrogen and oxygen atoms in total. The molecule has 0 amide bonds. The highest BCUT2D eigenvalue weighted by Gasteiger charge is 2.16. The van der Waals surface area contributed by atoms with Crippen LogP contribution in [0.15, 0.2) is 30.5 Å². The molecule has 0 unspecified atom stereocenters. The lowest BCUT2D eigenvalue weighted by Crippen LogP contribution is -2.12. The third-order valence-corrected chi connectivity index (χ3v) is 4.29. The predicted molar refractivity (Wildman–Crippen MR) is 76.6 cm³/mol. The van der Waals surface area contributed by atoms with E-state index >= 15 is 0 Å². The Balaban J connectivity index is 2.25. The van der Waals surface area contributed by atoms with Crippen LogP contribution in [0.3, 0.4) is 0 Å². The number of halogens is 2. The van der Waals surface area contributed by atoms with Crippen molar-refractivity contribution in [2.75, 3.05) is 0 Å². The number of rotatable bonds is 4. The fraction of sp³-hybridized carbons (Fsp3) is 0.200. The van der Waals surface area contributed by atoms with Gasteiger partial charge in [-0.05, 0) is 44.0 Å². The van der Waals surface area contributed by atoms with E-state index in [2.05, 4.69) is 42.0 Å². The molecule has 1 aromatic carbocycles. The van der Waals surface area contributed by atoms with Crippen molar-refractivity contribution in [3.63, 3.8) is 0 Å². The Hall–Kier alpha value is -0.970. The molecular weight excluding hydrogens is 418 g/mol. The van der Waals surface area contributed by atoms with Gasteiger partial charge < -0.3 is 9.26 Å². The van der Waals surface area contributed by atoms with Crippen molar-refractivity contribution in [2.24, 2.45) is 5.14 Å². The fourth-order valence-corrected chi connectivity index (χ4v) is 3.66. The third-order valence-electron chi connectivity index (χ3n) is 2.22. The molecule has 0 bridgehead atoms. The molecule has 2 rings (SSSR count). The largest absolute Gasteiger partial charge is 0.483 e. The summed E-state index contributed by atoms with van der Waals surface area (Å²) in [5, 5.41) is 8.76. The van der Waals surface area contributed by atoms with E-state index in [0.717, 1.165) is 0 Å². The van der Waals surface area contributed by atoms with Crippen LogP contribution in [0, 0.1) is 6.92 Å². The molecule has 0 spiro atoms. The van der Waals surface area contributed by atoms with Crippen molar-refractivity contribution >= 4 is 41.9 Å². The summed E-state index contributed by atoms with van der Waals surface area (Å²) in [6.07, 6.45) is 0. The normalized spacial score (nSPS) is 11.6. The van der Waals surface area contributed by atoms with E-state index in [9.17, 15) is 8.42 Å². The number of nitrogens with two attached hydrogens (primary N) is 1. The quantitative estimate of drug-likeness (QED) is 0.801. The molecule has 20 heavy (non-hydrogen) atoms. The first-order valence-electron chi connectivity index (χ1n) is 5.21. The number of primary sulfonamides is 1. The number of nitrogens with zero attached hydrogens (tertiary/aromatic N) is 2. The van der Waals surface area contributed by atoms with Gasteiger partial charge in [0.1, 0.15) is 5.75 Å². The molecular formula is C10H9Br2N3O4S. The molecule has 10 heteroatoms. The number of sulfonamides is 1. The first-order chi connectivity index (χ1) is 9.27. The van der Waals surface area contributed by atoms with Crippen molar-refractivity contribution in [1.29, 1.82) is 0 Å². The van der Waals surface area contributed by atoms with Gasteiger partial charge in [-0.25, -0.2) is 13.6 Å². The third kappa shape index (κ3) is 3.57. The zero-order valence-corrected chi connectivity index (χ0v) is 14.1. The molecule has 2 N–H and O–H groups in total. The summed E-state index contributed by atoms with van der Waals surface area (Å²) in [5.41, 5.74) is 0. The molecule has 1 heterocycles. The molecule has 0 aliphatic carbocycles. The Labute approximate surface area is 131 Å². The van der Waals surface area contributed by atoms with E-state index in [1.807, 2.05) is 0 Å². The van der Waals surface area contributed by atoms with Crippen molar-refractivity contribution in [3.05, 3.63) is 32.8 Å². The Bertz CT molecular complexity index is 722. The first-order valence-corrected chi connectivity index (χ1v) is 8.34. The van der Waals surface area contributed by atoms with E-state index in [1.54, 1.807) is 6.92 Å². The maximum Gasteiger partial charge on any atom is 0.238 e. The van der Waals surface area contributed by atoms with Crippen molar-refractivity contribution in [3.8, 4) is 5.75 Å². The average Bonchev–Trinajstić information content (AvgIpc) is 2.72. The van der Waals surface area contributed by atoms with Gasteiger partial charge in [0, 0.05) is 6.92 Å². The molecule has 0 fully saturated rings. The molecule has 0 aliphatic heterocycles. The number of hydrogen-bond donors (Lipinski definition) is 1. The van der Waals surface area contributed by atoms with Gasteiger partial charge in [-0.2, -0.15) is 4.98 Å². The minimum atomic E-state index is -3.78. The molecule has 108 valence electrons. The van der Waals surface area contributed by atoms with Crippen LogP contribution in [0.5, 0.6) is 5.75 Å². The van der Waals surface area contributed by atoms with Crippen LogP contribution in [0.4, 0.5) is 0 Å². The lowest BCUT2D eigenvalue weighted by molar-refractivity contribution is 0.282. The second-order valence-electron chi connectivity index (χ2n) is 3.78. The minimum Gasteiger partial charge on any atom is -0.483 e. The second-order valence-corrected chi connectivity index (χ2v) is 7.05. The van der Waals surface area contributed by atoms with E-state index in [1.165, 1.54) is 12.1 Å². The van der Waals surface area contributed by atoms with Gasteiger partial charge in [-0.15, -0.1) is 0 Å². The number of aryl methyl sites for hydroxylation is 1. The number of ether oxygens (including phenoxy) is 1. The monoisotopic (exact) mass is 425 g/mol. The number of aromatic nitrogens is 2. The van der Waals surface area contributed by atoms with Crippen molar-refractivity contribution < 1.29 is 17.7 Å². The highest BCUT2D eigenvalue weighted by Crippen LogP contribution is 2.36. The Morgan fingerprint density at radius 2 is 1.95 bits per heavy atom. The average molecular weight is 427 g/mol. The van der Waals surface area contributed by atoms with Gasteiger partial charge in [0.25, 0.3) is 0 Å². The smallest absolute Gasteiger partial charge is 0.238 e. The van der Waals surface area contributed by atoms with Crippen LogP contribution in [-0.4, -0.2) is 18.6 Å². The highest BCUT2D eigenvalue weighted by atomic mass is 79.9. The molecule has 0 radical (unpaired) electrons. The minimum absolute atomic E-state index is 0.0287. The van der Waals surface area contributed by atoms with E-state index in [0.29, 0.717) is 26.4 Å². The Kier molecular flexibility index (Phi) is 4.47. The fourth-order valence-electron chi connectivity index (χ4n) is 1.38. The molecule has 1 aromatic heterocycles. The Morgan fingerprint density at radius 1 is 1.35 bits per heavy atom. The van der Waals surface area contributed by atoms with Crippen LogP contribution >= 0.6 is 31.9 Å². The lowest BCUT2D eigenvalue weighted by Gasteiger charge is -2.10. The first kappa shape index (κ1) is 15.4. The predicted octanol–water partition coefficient (Wildman–Crippen LogP) is 2.13. The van der Waals surface area contributed by atoms with Gasteiger partial charge in [-0.3, -0.25) is 0 Å². The van der Waals surface area contributed by atoms with Gasteiger partial charge >= 0.3 is 0 Å². The summed E-state index contributed by atoms with van der Waals surface area (Å²) in [6, 6.07) is 2.72. The number of hydrogen-bond acceptors (Lipinski definition) is 6. The van der Waals surface area contributed by atoms with Gasteiger partial charge in [0.05, 0.1) is 13.8 Å². The molecule has 0 atom stereocenters. The second kappa shape index (κ2) is 5.80. The highest BCUT2D eigenvalue weighted by molar-refractivity contribution is 9.11. The standard InChI is InChI=1S/C10H9Br2N3O4S/c1-5-14-9(15-19-5)4-18-10-7(11)2-6(3-8(10)12)20(13,16)17/h2-3H,4H2,1H3,(H2,13,16,17). The summed E-state index contributed by atoms with van der Waals surface area (Å²) in [7, 11) is -3.78. The summed E-state index contributed by atoms with van der Waals surface area (Å²) in [4.78, 5) is 3.96. The maximum absolute atomic E-state index is 11.3. The molecule has 0 saturated heterocycles. The van der Waals surface area contributed by atoms with Crippen LogP contribution in [-0.2, 0) is 16.6 Å². The van der Waals surface area contributed by atoms with E-state index in [4.69, 9.17) is 14.4 Å². The number of benzene rings is 1. The van der Waals surface area contributed by atoms with E-state index in [-0.39, 0.29) is 11.5 Å². The van der Waals surface area contributed by atoms with Crippen LogP contribution in [0.25, 0.3) is 0 Å². The van der Waals surface area contributed by atoms with Gasteiger partial charge in [-0.1, -0.05) is 5.16 Å². The molecule has 0 saturated carbocycles. The molecule has 2 aromatic rings. The summed E-state index contributed by atoms with van der Waals surface area (Å²) in [5.74, 6) is 1.24. The zero-order valence-electron chi connectivity index (χ0n) is 10.1. The summed E-state index contributed by atoms with van der Waals surface area (Å²) in [6.45, 7) is 1.76. The van der Waals surface area contributed by atoms with Gasteiger partial charge in [0.15, 0.2) is 6.61 Å². The van der Waals surface area contributed by atoms with Gasteiger partial charge in [0.2, 0.25) is 21.7 Å². The summed E-state index contributed by atoms with van der Waals surface area (Å²) < 4.78 is 33.8. The van der Waals surface area contributed by atoms with Crippen molar-refractivity contribution in [1.82, 2.24) is 10.1 Å². The lowest BCUT2D eigenvalue weighted by atomic mass is 10.3. The maximum atomic E-state index is 11.3. The molecule has 0 aliphatic rings. The van der Waals surface area contributed by atoms with Crippen LogP contribution in [0.2, 0.25) is 0 Å². The topological polar surface area (TPSA) is 108 Å². The van der Waals surface area contributed by atoms with E-state index < -0.39 is 10.0 Å². The SMILES string of the molecule is Cc1nc(COc2c(Br)cc(S(N)(=O)=O)cc2Br)no1. The zero-order chi connectivity index (χ0) is 14.9. The van der Waals surface area contributed by atoms with Crippen LogP contribution < -0.4 is 9.88 Å². The summed E-state index contributed by atoms with van der Waals surface area (Å²) >= 11 is 6.46.